The summed E-state index contributed by atoms with van der Waals surface area (Å²) in [4.78, 5) is 7.65. The zero-order chi connectivity index (χ0) is 12.5. The fourth-order valence-corrected chi connectivity index (χ4v) is 1.72. The Morgan fingerprint density at radius 2 is 2.06 bits per heavy atom. The number of hydrogen-bond donors (Lipinski definition) is 2. The Hall–Kier alpha value is -2.54. The summed E-state index contributed by atoms with van der Waals surface area (Å²) >= 11 is 0. The highest BCUT2D eigenvalue weighted by molar-refractivity contribution is 5.79. The van der Waals surface area contributed by atoms with Gasteiger partial charge in [0.05, 0.1) is 17.9 Å². The van der Waals surface area contributed by atoms with E-state index < -0.39 is 5.82 Å². The molecule has 2 aromatic heterocycles. The lowest BCUT2D eigenvalue weighted by Gasteiger charge is -2.05. The normalized spacial score (nSPS) is 10.8. The standard InChI is InChI=1S/C11H9FN6/c12-8-6-14-11(17-13)16-10(8)18-9-4-2-1-3-7(9)5-15-18/h1-6H,13H2,(H,14,16,17). The van der Waals surface area contributed by atoms with Crippen LogP contribution in [0.15, 0.2) is 36.7 Å². The number of aromatic nitrogens is 4. The molecule has 0 radical (unpaired) electrons. The molecule has 18 heavy (non-hydrogen) atoms. The Labute approximate surface area is 101 Å². The molecular weight excluding hydrogens is 235 g/mol. The van der Waals surface area contributed by atoms with Crippen molar-refractivity contribution in [3.05, 3.63) is 42.5 Å². The first kappa shape index (κ1) is 10.6. The van der Waals surface area contributed by atoms with Crippen LogP contribution in [0.1, 0.15) is 0 Å². The Morgan fingerprint density at radius 3 is 2.89 bits per heavy atom. The first-order chi connectivity index (χ1) is 8.79. The molecule has 0 amide bonds. The largest absolute Gasteiger partial charge is 0.292 e. The average molecular weight is 244 g/mol. The van der Waals surface area contributed by atoms with Crippen LogP contribution in [-0.4, -0.2) is 19.7 Å². The van der Waals surface area contributed by atoms with Gasteiger partial charge in [-0.25, -0.2) is 19.9 Å². The highest BCUT2D eigenvalue weighted by atomic mass is 19.1. The maximum atomic E-state index is 13.7. The molecule has 0 saturated carbocycles. The minimum atomic E-state index is -0.567. The van der Waals surface area contributed by atoms with E-state index in [1.54, 1.807) is 6.20 Å². The third-order valence-corrected chi connectivity index (χ3v) is 2.53. The average Bonchev–Trinajstić information content (AvgIpc) is 2.83. The number of fused-ring (bicyclic) bond motifs is 1. The van der Waals surface area contributed by atoms with E-state index in [9.17, 15) is 4.39 Å². The maximum absolute atomic E-state index is 13.7. The van der Waals surface area contributed by atoms with Crippen molar-refractivity contribution in [1.82, 2.24) is 19.7 Å². The topological polar surface area (TPSA) is 81.6 Å². The van der Waals surface area contributed by atoms with Gasteiger partial charge in [-0.05, 0) is 6.07 Å². The van der Waals surface area contributed by atoms with Gasteiger partial charge >= 0.3 is 0 Å². The van der Waals surface area contributed by atoms with E-state index in [1.807, 2.05) is 24.3 Å². The van der Waals surface area contributed by atoms with Crippen molar-refractivity contribution < 1.29 is 4.39 Å². The fourth-order valence-electron chi connectivity index (χ4n) is 1.72. The Balaban J connectivity index is 2.25. The predicted molar refractivity (Wildman–Crippen MR) is 64.4 cm³/mol. The van der Waals surface area contributed by atoms with Crippen LogP contribution in [0.3, 0.4) is 0 Å². The molecule has 3 N–H and O–H groups in total. The number of anilines is 1. The number of hydrazine groups is 1. The van der Waals surface area contributed by atoms with Crippen LogP contribution in [0.4, 0.5) is 10.3 Å². The third kappa shape index (κ3) is 1.57. The van der Waals surface area contributed by atoms with Crippen molar-refractivity contribution in [3.8, 4) is 5.82 Å². The lowest BCUT2D eigenvalue weighted by Crippen LogP contribution is -2.13. The summed E-state index contributed by atoms with van der Waals surface area (Å²) in [5, 5.41) is 5.02. The van der Waals surface area contributed by atoms with Crippen LogP contribution >= 0.6 is 0 Å². The molecule has 6 nitrogen and oxygen atoms in total. The van der Waals surface area contributed by atoms with E-state index in [1.165, 1.54) is 4.68 Å². The van der Waals surface area contributed by atoms with Crippen LogP contribution in [-0.2, 0) is 0 Å². The van der Waals surface area contributed by atoms with Crippen molar-refractivity contribution in [1.29, 1.82) is 0 Å². The summed E-state index contributed by atoms with van der Waals surface area (Å²) in [5.74, 6) is 4.83. The lowest BCUT2D eigenvalue weighted by molar-refractivity contribution is 0.596. The molecule has 0 fully saturated rings. The zero-order valence-electron chi connectivity index (χ0n) is 9.21. The molecule has 0 aliphatic rings. The van der Waals surface area contributed by atoms with Gasteiger partial charge in [0.15, 0.2) is 11.6 Å². The van der Waals surface area contributed by atoms with Gasteiger partial charge in [-0.2, -0.15) is 10.1 Å². The van der Waals surface area contributed by atoms with E-state index in [4.69, 9.17) is 5.84 Å². The molecule has 2 heterocycles. The van der Waals surface area contributed by atoms with Crippen molar-refractivity contribution >= 4 is 16.9 Å². The van der Waals surface area contributed by atoms with Gasteiger partial charge in [0.1, 0.15) is 0 Å². The molecular formula is C11H9FN6. The molecule has 3 rings (SSSR count). The van der Waals surface area contributed by atoms with E-state index >= 15 is 0 Å². The number of hydrogen-bond acceptors (Lipinski definition) is 5. The summed E-state index contributed by atoms with van der Waals surface area (Å²) < 4.78 is 15.2. The quantitative estimate of drug-likeness (QED) is 0.523. The van der Waals surface area contributed by atoms with E-state index in [2.05, 4.69) is 20.5 Å². The summed E-state index contributed by atoms with van der Waals surface area (Å²) in [6.45, 7) is 0. The minimum Gasteiger partial charge on any atom is -0.292 e. The smallest absolute Gasteiger partial charge is 0.239 e. The highest BCUT2D eigenvalue weighted by Crippen LogP contribution is 2.18. The number of para-hydroxylation sites is 1. The first-order valence-electron chi connectivity index (χ1n) is 5.22. The van der Waals surface area contributed by atoms with Gasteiger partial charge in [-0.3, -0.25) is 5.43 Å². The fraction of sp³-hybridized carbons (Fsp3) is 0. The Morgan fingerprint density at radius 1 is 1.22 bits per heavy atom. The van der Waals surface area contributed by atoms with Crippen molar-refractivity contribution in [3.63, 3.8) is 0 Å². The van der Waals surface area contributed by atoms with Crippen LogP contribution in [0, 0.1) is 5.82 Å². The molecule has 1 aromatic carbocycles. The SMILES string of the molecule is NNc1ncc(F)c(-n2ncc3ccccc32)n1. The van der Waals surface area contributed by atoms with Gasteiger partial charge in [0, 0.05) is 5.39 Å². The second-order valence-electron chi connectivity index (χ2n) is 3.62. The number of halogens is 1. The van der Waals surface area contributed by atoms with Gasteiger partial charge < -0.3 is 0 Å². The minimum absolute atomic E-state index is 0.0548. The second kappa shape index (κ2) is 4.04. The van der Waals surface area contributed by atoms with Crippen LogP contribution in [0.5, 0.6) is 0 Å². The molecule has 0 spiro atoms. The molecule has 0 unspecified atom stereocenters. The summed E-state index contributed by atoms with van der Waals surface area (Å²) in [6, 6.07) is 7.46. The molecule has 0 saturated heterocycles. The van der Waals surface area contributed by atoms with Crippen LogP contribution in [0.2, 0.25) is 0 Å². The number of nitrogens with one attached hydrogen (secondary N) is 1. The molecule has 0 aliphatic carbocycles. The first-order valence-corrected chi connectivity index (χ1v) is 5.22. The zero-order valence-corrected chi connectivity index (χ0v) is 9.21. The number of rotatable bonds is 2. The molecule has 0 bridgehead atoms. The van der Waals surface area contributed by atoms with E-state index in [0.717, 1.165) is 17.1 Å². The summed E-state index contributed by atoms with van der Waals surface area (Å²) in [7, 11) is 0. The number of nitrogen functional groups attached to an aromatic ring is 1. The summed E-state index contributed by atoms with van der Waals surface area (Å²) in [6.07, 6.45) is 2.69. The lowest BCUT2D eigenvalue weighted by atomic mass is 10.2. The molecule has 90 valence electrons. The number of nitrogens with two attached hydrogens (primary N) is 1. The van der Waals surface area contributed by atoms with E-state index in [0.29, 0.717) is 0 Å². The monoisotopic (exact) mass is 244 g/mol. The molecule has 0 atom stereocenters. The molecule has 7 heteroatoms. The Bertz CT molecular complexity index is 708. The maximum Gasteiger partial charge on any atom is 0.239 e. The van der Waals surface area contributed by atoms with Gasteiger partial charge in [0.25, 0.3) is 0 Å². The molecule has 0 aliphatic heterocycles. The van der Waals surface area contributed by atoms with Crippen molar-refractivity contribution in [2.75, 3.05) is 5.43 Å². The predicted octanol–water partition coefficient (Wildman–Crippen LogP) is 1.24. The van der Waals surface area contributed by atoms with Gasteiger partial charge in [-0.15, -0.1) is 0 Å². The van der Waals surface area contributed by atoms with E-state index in [-0.39, 0.29) is 11.8 Å². The highest BCUT2D eigenvalue weighted by Gasteiger charge is 2.12. The Kier molecular flexibility index (Phi) is 2.38. The van der Waals surface area contributed by atoms with Gasteiger partial charge in [-0.1, -0.05) is 18.2 Å². The van der Waals surface area contributed by atoms with Crippen molar-refractivity contribution in [2.24, 2.45) is 5.84 Å². The van der Waals surface area contributed by atoms with Crippen LogP contribution in [0.25, 0.3) is 16.7 Å². The van der Waals surface area contributed by atoms with Gasteiger partial charge in [0.2, 0.25) is 5.95 Å². The number of nitrogens with zero attached hydrogens (tertiary/aromatic N) is 4. The molecule has 3 aromatic rings. The third-order valence-electron chi connectivity index (χ3n) is 2.53. The van der Waals surface area contributed by atoms with Crippen molar-refractivity contribution in [2.45, 2.75) is 0 Å². The number of benzene rings is 1. The van der Waals surface area contributed by atoms with Crippen LogP contribution < -0.4 is 11.3 Å². The summed E-state index contributed by atoms with van der Waals surface area (Å²) in [5.41, 5.74) is 3.04. The second-order valence-corrected chi connectivity index (χ2v) is 3.62.